The Morgan fingerprint density at radius 2 is 2.13 bits per heavy atom. The number of nitrogens with zero attached hydrogens (tertiary/aromatic N) is 1. The third-order valence-electron chi connectivity index (χ3n) is 4.12. The zero-order valence-electron chi connectivity index (χ0n) is 15.9. The molecule has 4 N–H and O–H groups in total. The maximum atomic E-state index is 15.0. The average Bonchev–Trinajstić information content (AvgIpc) is 2.76. The molecule has 0 unspecified atom stereocenters. The van der Waals surface area contributed by atoms with E-state index in [2.05, 4.69) is 10.6 Å². The lowest BCUT2D eigenvalue weighted by Gasteiger charge is -2.23. The predicted octanol–water partition coefficient (Wildman–Crippen LogP) is 2.55. The first-order valence-corrected chi connectivity index (χ1v) is 11.4. The second-order valence-corrected chi connectivity index (χ2v) is 8.26. The minimum atomic E-state index is -1.42. The number of halogens is 4. The number of allylic oxidation sites excluding steroid dienone is 2. The Hall–Kier alpha value is -2.71. The summed E-state index contributed by atoms with van der Waals surface area (Å²) in [5.74, 6) is -4.30. The van der Waals surface area contributed by atoms with Crippen LogP contribution in [-0.2, 0) is 11.4 Å². The lowest BCUT2D eigenvalue weighted by atomic mass is 10.0. The molecule has 1 aromatic rings. The zero-order chi connectivity index (χ0) is 22.4. The molecule has 0 saturated heterocycles. The number of carbonyl (C=O) groups is 2. The molecule has 1 aromatic carbocycles. The summed E-state index contributed by atoms with van der Waals surface area (Å²) in [6, 6.07) is 0.538. The first-order valence-electron chi connectivity index (χ1n) is 8.96. The van der Waals surface area contributed by atoms with Gasteiger partial charge in [-0.2, -0.15) is 0 Å². The highest BCUT2D eigenvalue weighted by atomic mass is 127. The van der Waals surface area contributed by atoms with Crippen LogP contribution in [0.4, 0.5) is 23.7 Å². The van der Waals surface area contributed by atoms with E-state index < -0.39 is 55.8 Å². The predicted molar refractivity (Wildman–Crippen MR) is 116 cm³/mol. The molecule has 2 aliphatic heterocycles. The monoisotopic (exact) mass is 550 g/mol. The molecule has 0 aromatic heterocycles. The number of rotatable bonds is 8. The Morgan fingerprint density at radius 1 is 1.32 bits per heavy atom. The highest BCUT2D eigenvalue weighted by Gasteiger charge is 2.26. The summed E-state index contributed by atoms with van der Waals surface area (Å²) < 4.78 is 47.0. The molecule has 3 rings (SSSR count). The van der Waals surface area contributed by atoms with Gasteiger partial charge in [-0.15, -0.1) is 0 Å². The van der Waals surface area contributed by atoms with Crippen LogP contribution in [0, 0.1) is 11.6 Å². The number of benzene rings is 1. The van der Waals surface area contributed by atoms with E-state index >= 15 is 0 Å². The van der Waals surface area contributed by atoms with E-state index in [1.807, 2.05) is 5.48 Å². The number of hydroxylamine groups is 1. The lowest BCUT2D eigenvalue weighted by Crippen LogP contribution is -2.39. The fourth-order valence-electron chi connectivity index (χ4n) is 2.68. The maximum absolute atomic E-state index is 15.0. The number of hydrogen-bond donors (Lipinski definition) is 4. The summed E-state index contributed by atoms with van der Waals surface area (Å²) in [7, 11) is 0. The second kappa shape index (κ2) is 10.5. The van der Waals surface area contributed by atoms with Crippen LogP contribution in [0.25, 0.3) is 0 Å². The minimum absolute atomic E-state index is 0.124. The second-order valence-electron chi connectivity index (χ2n) is 6.20. The number of urea groups is 1. The van der Waals surface area contributed by atoms with Crippen molar-refractivity contribution in [1.29, 1.82) is 0 Å². The van der Waals surface area contributed by atoms with Crippen LogP contribution < -0.4 is 16.1 Å². The van der Waals surface area contributed by atoms with Gasteiger partial charge in [-0.05, 0) is 22.3 Å². The molecule has 31 heavy (non-hydrogen) atoms. The van der Waals surface area contributed by atoms with Gasteiger partial charge in [0.2, 0.25) is 0 Å². The Kier molecular flexibility index (Phi) is 7.81. The third kappa shape index (κ3) is 5.51. The summed E-state index contributed by atoms with van der Waals surface area (Å²) in [5.41, 5.74) is 0.648. The molecule has 0 radical (unpaired) electrons. The number of amides is 3. The molecule has 0 spiro atoms. The molecule has 0 saturated carbocycles. The Bertz CT molecular complexity index is 1010. The van der Waals surface area contributed by atoms with Gasteiger partial charge < -0.3 is 15.7 Å². The number of aliphatic hydroxyl groups excluding tert-OH is 1. The zero-order valence-corrected chi connectivity index (χ0v) is 18.1. The van der Waals surface area contributed by atoms with Gasteiger partial charge in [0.1, 0.15) is 0 Å². The topological polar surface area (TPSA) is 103 Å². The van der Waals surface area contributed by atoms with Gasteiger partial charge in [0.15, 0.2) is 17.5 Å². The molecule has 12 heteroatoms. The molecule has 3 amide bonds. The minimum Gasteiger partial charge on any atom is -0.394 e. The van der Waals surface area contributed by atoms with E-state index in [0.717, 1.165) is 11.0 Å². The highest BCUT2D eigenvalue weighted by Crippen LogP contribution is 2.30. The molecule has 0 aliphatic carbocycles. The molecule has 0 bridgehead atoms. The van der Waals surface area contributed by atoms with Crippen molar-refractivity contribution < 1.29 is 32.7 Å². The Labute approximate surface area is 185 Å². The van der Waals surface area contributed by atoms with E-state index in [1.165, 1.54) is 16.3 Å². The number of nitrogens with one attached hydrogen (secondary N) is 3. The third-order valence-corrected chi connectivity index (χ3v) is 5.80. The summed E-state index contributed by atoms with van der Waals surface area (Å²) in [4.78, 5) is 30.3. The van der Waals surface area contributed by atoms with E-state index in [-0.39, 0.29) is 36.6 Å². The van der Waals surface area contributed by atoms with Crippen molar-refractivity contribution in [3.63, 3.8) is 0 Å². The Balaban J connectivity index is 2.01. The first kappa shape index (κ1) is 23.0. The van der Waals surface area contributed by atoms with Gasteiger partial charge in [0.25, 0.3) is 5.91 Å². The van der Waals surface area contributed by atoms with Crippen molar-refractivity contribution in [3.8, 4) is 0 Å². The van der Waals surface area contributed by atoms with Crippen molar-refractivity contribution in [2.45, 2.75) is 6.54 Å². The molecule has 0 fully saturated rings. The van der Waals surface area contributed by atoms with Gasteiger partial charge in [0.05, 0.1) is 36.7 Å². The van der Waals surface area contributed by atoms with E-state index in [9.17, 15) is 22.8 Å². The largest absolute Gasteiger partial charge is 0.394 e. The fraction of sp³-hybridized carbons (Fsp3) is 0.211. The van der Waals surface area contributed by atoms with Crippen LogP contribution in [-0.4, -0.2) is 45.7 Å². The summed E-state index contributed by atoms with van der Waals surface area (Å²) >= 11 is -0.614. The number of carbonyl (C=O) groups excluding carboxylic acids is 2. The van der Waals surface area contributed by atoms with Crippen LogP contribution in [0.3, 0.4) is 0 Å². The lowest BCUT2D eigenvalue weighted by molar-refractivity contribution is 0.0168. The average molecular weight is 550 g/mol. The molecule has 8 nitrogen and oxygen atoms in total. The van der Waals surface area contributed by atoms with Gasteiger partial charge in [0, 0.05) is 22.3 Å². The van der Waals surface area contributed by atoms with Crippen molar-refractivity contribution in [2.24, 2.45) is 0 Å². The number of aliphatic hydroxyl groups is 1. The standard InChI is InChI=1S/C19H18F3IN4O4/c20-13-9-23-3-2-14(13)25-17-12(18(29)26-31-7-6-28)8-11(15(21)16(17)22)10-27-5-1-4-24-19(27)30/h1-3,5,8-9,25,28H,4,6-7,10H2,(H,24,30)(H,26,29). The molecule has 2 heterocycles. The van der Waals surface area contributed by atoms with Crippen molar-refractivity contribution in [3.05, 3.63) is 62.8 Å². The van der Waals surface area contributed by atoms with Crippen molar-refractivity contribution in [2.75, 3.05) is 25.1 Å². The molecular weight excluding hydrogens is 532 g/mol. The number of anilines is 1. The molecule has 0 atom stereocenters. The van der Waals surface area contributed by atoms with Crippen LogP contribution in [0.1, 0.15) is 15.9 Å². The van der Waals surface area contributed by atoms with Crippen LogP contribution >= 0.6 is 20.7 Å². The van der Waals surface area contributed by atoms with Crippen LogP contribution in [0.2, 0.25) is 0 Å². The quantitative estimate of drug-likeness (QED) is 0.227. The summed E-state index contributed by atoms with van der Waals surface area (Å²) in [6.45, 7) is -0.659. The molecule has 166 valence electrons. The molecular formula is C19H18F3IN4O4. The number of hydrogen-bond acceptors (Lipinski definition) is 5. The summed E-state index contributed by atoms with van der Waals surface area (Å²) in [6.07, 6.45) is 4.42. The fourth-order valence-corrected chi connectivity index (χ4v) is 4.11. The van der Waals surface area contributed by atoms with E-state index in [0.29, 0.717) is 6.54 Å². The van der Waals surface area contributed by atoms with Gasteiger partial charge in [-0.3, -0.25) is 14.5 Å². The van der Waals surface area contributed by atoms with E-state index in [1.54, 1.807) is 10.2 Å². The van der Waals surface area contributed by atoms with Crippen LogP contribution in [0.15, 0.2) is 40.0 Å². The van der Waals surface area contributed by atoms with Gasteiger partial charge in [-0.1, -0.05) is 20.7 Å². The highest BCUT2D eigenvalue weighted by molar-refractivity contribution is 14.2. The van der Waals surface area contributed by atoms with Gasteiger partial charge >= 0.3 is 6.03 Å². The van der Waals surface area contributed by atoms with Crippen molar-refractivity contribution >= 4 is 42.4 Å². The first-order chi connectivity index (χ1) is 14.9. The smallest absolute Gasteiger partial charge is 0.321 e. The van der Waals surface area contributed by atoms with Crippen LogP contribution in [0.5, 0.6) is 0 Å². The SMILES string of the molecule is O=C(NOCCO)c1cc(CN2C=CCNC2=O)c(F)c(F)c1NC1=C(F)C=IC=C1. The van der Waals surface area contributed by atoms with Gasteiger partial charge in [-0.25, -0.2) is 23.4 Å². The van der Waals surface area contributed by atoms with E-state index in [4.69, 9.17) is 9.94 Å². The maximum Gasteiger partial charge on any atom is 0.321 e. The normalized spacial score (nSPS) is 15.6. The molecule has 2 aliphatic rings. The van der Waals surface area contributed by atoms with Crippen molar-refractivity contribution in [1.82, 2.24) is 15.7 Å². The summed E-state index contributed by atoms with van der Waals surface area (Å²) in [5, 5.41) is 13.7. The Morgan fingerprint density at radius 3 is 2.84 bits per heavy atom.